The van der Waals surface area contributed by atoms with Gasteiger partial charge >= 0.3 is 5.69 Å². The maximum Gasteiger partial charge on any atom is 0.329 e. The second kappa shape index (κ2) is 7.36. The minimum absolute atomic E-state index is 0.000948. The summed E-state index contributed by atoms with van der Waals surface area (Å²) >= 11 is 1.56. The van der Waals surface area contributed by atoms with E-state index >= 15 is 0 Å². The third-order valence-corrected chi connectivity index (χ3v) is 5.49. The third kappa shape index (κ3) is 3.38. The molecule has 0 saturated carbocycles. The molecular weight excluding hydrogens is 360 g/mol. The number of imidazole rings is 1. The van der Waals surface area contributed by atoms with Gasteiger partial charge in [-0.1, -0.05) is 31.2 Å². The van der Waals surface area contributed by atoms with Crippen molar-refractivity contribution in [3.8, 4) is 0 Å². The fourth-order valence-corrected chi connectivity index (χ4v) is 4.14. The molecule has 4 aromatic rings. The zero-order valence-electron chi connectivity index (χ0n) is 15.0. The number of rotatable bonds is 6. The average Bonchev–Trinajstić information content (AvgIpc) is 3.21. The maximum atomic E-state index is 12.7. The van der Waals surface area contributed by atoms with Crippen LogP contribution in [0.4, 0.5) is 0 Å². The molecule has 0 aliphatic carbocycles. The number of aromatic nitrogens is 3. The molecule has 138 valence electrons. The van der Waals surface area contributed by atoms with E-state index < -0.39 is 0 Å². The molecule has 2 heterocycles. The topological polar surface area (TPSA) is 68.9 Å². The standard InChI is InChI=1S/C20H20N4O2S/c1-2-11-23-15-8-4-5-9-16(15)24(20(23)26)13-18(25)21-12-19-22-14-7-3-6-10-17(14)27-19/h3-10H,2,11-13H2,1H3,(H,21,25). The number of amides is 1. The molecule has 2 aromatic carbocycles. The Bertz CT molecular complexity index is 1140. The van der Waals surface area contributed by atoms with Gasteiger partial charge in [-0.15, -0.1) is 11.3 Å². The number of hydrogen-bond donors (Lipinski definition) is 1. The van der Waals surface area contributed by atoms with E-state index in [-0.39, 0.29) is 18.1 Å². The van der Waals surface area contributed by atoms with Crippen LogP contribution in [0, 0.1) is 0 Å². The molecule has 0 fully saturated rings. The van der Waals surface area contributed by atoms with E-state index in [0.717, 1.165) is 32.7 Å². The monoisotopic (exact) mass is 380 g/mol. The van der Waals surface area contributed by atoms with Gasteiger partial charge in [-0.05, 0) is 30.7 Å². The zero-order valence-corrected chi connectivity index (χ0v) is 15.8. The molecule has 0 aliphatic heterocycles. The fourth-order valence-electron chi connectivity index (χ4n) is 3.23. The normalized spacial score (nSPS) is 11.3. The van der Waals surface area contributed by atoms with Gasteiger partial charge in [-0.2, -0.15) is 0 Å². The van der Waals surface area contributed by atoms with Crippen molar-refractivity contribution in [2.75, 3.05) is 0 Å². The van der Waals surface area contributed by atoms with Crippen LogP contribution in [-0.4, -0.2) is 20.0 Å². The Morgan fingerprint density at radius 1 is 1.07 bits per heavy atom. The number of nitrogens with one attached hydrogen (secondary N) is 1. The number of nitrogens with zero attached hydrogens (tertiary/aromatic N) is 3. The molecule has 27 heavy (non-hydrogen) atoms. The van der Waals surface area contributed by atoms with Crippen molar-refractivity contribution in [1.29, 1.82) is 0 Å². The van der Waals surface area contributed by atoms with Crippen LogP contribution in [0.15, 0.2) is 53.3 Å². The van der Waals surface area contributed by atoms with Crippen molar-refractivity contribution in [2.45, 2.75) is 33.0 Å². The van der Waals surface area contributed by atoms with Crippen molar-refractivity contribution in [1.82, 2.24) is 19.4 Å². The third-order valence-electron chi connectivity index (χ3n) is 4.45. The van der Waals surface area contributed by atoms with Gasteiger partial charge < -0.3 is 5.32 Å². The molecule has 7 heteroatoms. The highest BCUT2D eigenvalue weighted by Crippen LogP contribution is 2.21. The van der Waals surface area contributed by atoms with Crippen LogP contribution in [0.25, 0.3) is 21.3 Å². The summed E-state index contributed by atoms with van der Waals surface area (Å²) in [6.07, 6.45) is 0.859. The van der Waals surface area contributed by atoms with Gasteiger partial charge in [0.1, 0.15) is 11.6 Å². The predicted molar refractivity (Wildman–Crippen MR) is 108 cm³/mol. The van der Waals surface area contributed by atoms with E-state index in [1.807, 2.05) is 55.5 Å². The van der Waals surface area contributed by atoms with E-state index in [0.29, 0.717) is 13.1 Å². The van der Waals surface area contributed by atoms with E-state index in [9.17, 15) is 9.59 Å². The van der Waals surface area contributed by atoms with Crippen molar-refractivity contribution < 1.29 is 4.79 Å². The lowest BCUT2D eigenvalue weighted by Gasteiger charge is -2.04. The Balaban J connectivity index is 1.52. The first-order valence-corrected chi connectivity index (χ1v) is 9.78. The largest absolute Gasteiger partial charge is 0.348 e. The highest BCUT2D eigenvalue weighted by atomic mass is 32.1. The molecule has 0 aliphatic rings. The smallest absolute Gasteiger partial charge is 0.329 e. The zero-order chi connectivity index (χ0) is 18.8. The highest BCUT2D eigenvalue weighted by molar-refractivity contribution is 7.18. The number of carbonyl (C=O) groups excluding carboxylic acids is 1. The van der Waals surface area contributed by atoms with E-state index in [4.69, 9.17) is 0 Å². The number of aryl methyl sites for hydroxylation is 1. The lowest BCUT2D eigenvalue weighted by Crippen LogP contribution is -2.32. The fraction of sp³-hybridized carbons (Fsp3) is 0.250. The number of benzene rings is 2. The van der Waals surface area contributed by atoms with E-state index in [2.05, 4.69) is 10.3 Å². The number of fused-ring (bicyclic) bond motifs is 2. The molecule has 1 N–H and O–H groups in total. The van der Waals surface area contributed by atoms with Gasteiger partial charge in [0.25, 0.3) is 0 Å². The first-order valence-electron chi connectivity index (χ1n) is 8.96. The lowest BCUT2D eigenvalue weighted by atomic mass is 10.3. The molecule has 0 spiro atoms. The first-order chi connectivity index (χ1) is 13.2. The number of hydrogen-bond acceptors (Lipinski definition) is 4. The molecule has 1 amide bonds. The Morgan fingerprint density at radius 3 is 2.52 bits per heavy atom. The molecule has 6 nitrogen and oxygen atoms in total. The Kier molecular flexibility index (Phi) is 4.77. The van der Waals surface area contributed by atoms with E-state index in [1.54, 1.807) is 20.5 Å². The second-order valence-electron chi connectivity index (χ2n) is 6.36. The summed E-state index contributed by atoms with van der Waals surface area (Å²) in [5.74, 6) is -0.198. The van der Waals surface area contributed by atoms with Crippen molar-refractivity contribution in [3.05, 3.63) is 64.0 Å². The molecule has 0 radical (unpaired) electrons. The number of thiazole rings is 1. The molecule has 4 rings (SSSR count). The van der Waals surface area contributed by atoms with Gasteiger partial charge in [-0.3, -0.25) is 13.9 Å². The summed E-state index contributed by atoms with van der Waals surface area (Å²) < 4.78 is 4.37. The average molecular weight is 380 g/mol. The summed E-state index contributed by atoms with van der Waals surface area (Å²) in [5.41, 5.74) is 2.44. The second-order valence-corrected chi connectivity index (χ2v) is 7.48. The first kappa shape index (κ1) is 17.5. The molecule has 0 atom stereocenters. The van der Waals surface area contributed by atoms with Crippen LogP contribution in [-0.2, 0) is 24.4 Å². The van der Waals surface area contributed by atoms with Crippen LogP contribution in [0.2, 0.25) is 0 Å². The van der Waals surface area contributed by atoms with Crippen LogP contribution >= 0.6 is 11.3 Å². The van der Waals surface area contributed by atoms with Gasteiger partial charge in [-0.25, -0.2) is 9.78 Å². The van der Waals surface area contributed by atoms with Crippen molar-refractivity contribution in [3.63, 3.8) is 0 Å². The molecule has 0 bridgehead atoms. The lowest BCUT2D eigenvalue weighted by molar-refractivity contribution is -0.121. The van der Waals surface area contributed by atoms with E-state index in [1.165, 1.54) is 0 Å². The van der Waals surface area contributed by atoms with Crippen molar-refractivity contribution >= 4 is 38.5 Å². The quantitative estimate of drug-likeness (QED) is 0.559. The van der Waals surface area contributed by atoms with Gasteiger partial charge in [0, 0.05) is 6.54 Å². The van der Waals surface area contributed by atoms with Crippen LogP contribution in [0.1, 0.15) is 18.4 Å². The summed E-state index contributed by atoms with van der Waals surface area (Å²) in [4.78, 5) is 29.7. The molecule has 2 aromatic heterocycles. The predicted octanol–water partition coefficient (Wildman–Crippen LogP) is 3.14. The Morgan fingerprint density at radius 2 is 1.78 bits per heavy atom. The summed E-state index contributed by atoms with van der Waals surface area (Å²) in [5, 5.41) is 3.73. The minimum Gasteiger partial charge on any atom is -0.348 e. The highest BCUT2D eigenvalue weighted by Gasteiger charge is 2.15. The van der Waals surface area contributed by atoms with Gasteiger partial charge in [0.05, 0.1) is 27.8 Å². The molecule has 0 unspecified atom stereocenters. The molecular formula is C20H20N4O2S. The number of para-hydroxylation sites is 3. The van der Waals surface area contributed by atoms with Crippen LogP contribution < -0.4 is 11.0 Å². The van der Waals surface area contributed by atoms with Crippen LogP contribution in [0.5, 0.6) is 0 Å². The van der Waals surface area contributed by atoms with Gasteiger partial charge in [0.15, 0.2) is 0 Å². The SMILES string of the molecule is CCCn1c(=O)n(CC(=O)NCc2nc3ccccc3s2)c2ccccc21. The molecule has 0 saturated heterocycles. The van der Waals surface area contributed by atoms with Crippen molar-refractivity contribution in [2.24, 2.45) is 0 Å². The maximum absolute atomic E-state index is 12.7. The Labute approximate surface area is 160 Å². The van der Waals surface area contributed by atoms with Crippen LogP contribution in [0.3, 0.4) is 0 Å². The minimum atomic E-state index is -0.198. The van der Waals surface area contributed by atoms with Gasteiger partial charge in [0.2, 0.25) is 5.91 Å². The number of carbonyl (C=O) groups is 1. The summed E-state index contributed by atoms with van der Waals surface area (Å²) in [6.45, 7) is 3.03. The Hall–Kier alpha value is -2.93. The summed E-state index contributed by atoms with van der Waals surface area (Å²) in [6, 6.07) is 15.5. The summed E-state index contributed by atoms with van der Waals surface area (Å²) in [7, 11) is 0.